The van der Waals surface area contributed by atoms with Crippen molar-refractivity contribution in [3.8, 4) is 23.0 Å². The zero-order valence-corrected chi connectivity index (χ0v) is 19.5. The zero-order valence-electron chi connectivity index (χ0n) is 19.5. The minimum Gasteiger partial charge on any atom is -0.493 e. The Morgan fingerprint density at radius 1 is 0.848 bits per heavy atom. The zero-order chi connectivity index (χ0) is 23.6. The first-order chi connectivity index (χ1) is 16.0. The molecule has 1 amide bonds. The number of methoxy groups -OCH3 is 2. The number of benzene rings is 2. The molecule has 0 aliphatic rings. The predicted molar refractivity (Wildman–Crippen MR) is 126 cm³/mol. The molecule has 0 bridgehead atoms. The summed E-state index contributed by atoms with van der Waals surface area (Å²) in [4.78, 5) is 18.7. The van der Waals surface area contributed by atoms with Crippen LogP contribution in [0.1, 0.15) is 28.4 Å². The number of hydrogen-bond acceptors (Lipinski definition) is 6. The Bertz CT molecular complexity index is 1060. The number of ether oxygens (including phenoxy) is 4. The number of likely N-dealkylation sites (N-methyl/N-ethyl adjacent to an activating group) is 1. The van der Waals surface area contributed by atoms with E-state index in [0.29, 0.717) is 54.7 Å². The normalized spacial score (nSPS) is 10.4. The molecule has 33 heavy (non-hydrogen) atoms. The summed E-state index contributed by atoms with van der Waals surface area (Å²) in [6, 6.07) is 14.8. The molecule has 2 aromatic carbocycles. The Balaban J connectivity index is 1.66. The molecule has 0 saturated heterocycles. The number of amides is 1. The van der Waals surface area contributed by atoms with E-state index in [-0.39, 0.29) is 5.91 Å². The first kappa shape index (κ1) is 23.9. The summed E-state index contributed by atoms with van der Waals surface area (Å²) >= 11 is 0. The highest BCUT2D eigenvalue weighted by Crippen LogP contribution is 2.30. The summed E-state index contributed by atoms with van der Waals surface area (Å²) in [5, 5.41) is 0. The van der Waals surface area contributed by atoms with Crippen LogP contribution >= 0.6 is 0 Å². The molecule has 7 nitrogen and oxygen atoms in total. The maximum Gasteiger partial charge on any atom is 0.253 e. The molecule has 3 aromatic rings. The van der Waals surface area contributed by atoms with Crippen molar-refractivity contribution in [2.45, 2.75) is 20.0 Å². The van der Waals surface area contributed by atoms with Crippen LogP contribution in [0.2, 0.25) is 0 Å². The van der Waals surface area contributed by atoms with Crippen molar-refractivity contribution < 1.29 is 23.7 Å². The van der Waals surface area contributed by atoms with Crippen LogP contribution in [-0.4, -0.2) is 50.2 Å². The summed E-state index contributed by atoms with van der Waals surface area (Å²) in [6.45, 7) is 3.31. The van der Waals surface area contributed by atoms with Crippen LogP contribution in [-0.2, 0) is 13.0 Å². The van der Waals surface area contributed by atoms with Gasteiger partial charge in [0, 0.05) is 31.5 Å². The van der Waals surface area contributed by atoms with Gasteiger partial charge < -0.3 is 23.8 Å². The quantitative estimate of drug-likeness (QED) is 0.432. The third-order valence-corrected chi connectivity index (χ3v) is 5.16. The van der Waals surface area contributed by atoms with Crippen LogP contribution in [0.5, 0.6) is 23.0 Å². The number of aromatic nitrogens is 1. The number of nitrogens with zero attached hydrogens (tertiary/aromatic N) is 2. The lowest BCUT2D eigenvalue weighted by Crippen LogP contribution is -2.28. The van der Waals surface area contributed by atoms with Crippen molar-refractivity contribution in [1.29, 1.82) is 0 Å². The van der Waals surface area contributed by atoms with Gasteiger partial charge in [0.1, 0.15) is 6.61 Å². The summed E-state index contributed by atoms with van der Waals surface area (Å²) in [5.74, 6) is 2.41. The average molecular weight is 451 g/mol. The smallest absolute Gasteiger partial charge is 0.253 e. The Labute approximate surface area is 194 Å². The lowest BCUT2D eigenvalue weighted by molar-refractivity contribution is 0.0796. The molecule has 0 fully saturated rings. The molecular weight excluding hydrogens is 420 g/mol. The van der Waals surface area contributed by atoms with E-state index in [2.05, 4.69) is 4.98 Å². The summed E-state index contributed by atoms with van der Waals surface area (Å²) in [5.41, 5.74) is 2.61. The lowest BCUT2D eigenvalue weighted by atomic mass is 10.1. The fourth-order valence-electron chi connectivity index (χ4n) is 3.32. The topological polar surface area (TPSA) is 70.1 Å². The van der Waals surface area contributed by atoms with Crippen LogP contribution in [0.25, 0.3) is 0 Å². The molecule has 7 heteroatoms. The Morgan fingerprint density at radius 2 is 1.58 bits per heavy atom. The molecule has 3 rings (SSSR count). The van der Waals surface area contributed by atoms with E-state index >= 15 is 0 Å². The maximum absolute atomic E-state index is 13.0. The molecule has 174 valence electrons. The molecule has 1 aromatic heterocycles. The van der Waals surface area contributed by atoms with Gasteiger partial charge >= 0.3 is 0 Å². The van der Waals surface area contributed by atoms with Crippen LogP contribution in [0.3, 0.4) is 0 Å². The second-order valence-electron chi connectivity index (χ2n) is 7.40. The van der Waals surface area contributed by atoms with Crippen molar-refractivity contribution in [2.75, 3.05) is 34.4 Å². The lowest BCUT2D eigenvalue weighted by Gasteiger charge is -2.19. The number of pyridine rings is 1. The number of carbonyl (C=O) groups excluding carboxylic acids is 1. The molecule has 1 heterocycles. The maximum atomic E-state index is 13.0. The van der Waals surface area contributed by atoms with Crippen LogP contribution in [0.15, 0.2) is 60.9 Å². The van der Waals surface area contributed by atoms with Gasteiger partial charge in [-0.05, 0) is 66.9 Å². The minimum absolute atomic E-state index is 0.0860. The fourth-order valence-corrected chi connectivity index (χ4v) is 3.32. The molecular formula is C26H30N2O5. The van der Waals surface area contributed by atoms with Crippen molar-refractivity contribution >= 4 is 5.91 Å². The minimum atomic E-state index is -0.0860. The molecule has 0 spiro atoms. The van der Waals surface area contributed by atoms with E-state index in [1.165, 1.54) is 0 Å². The highest BCUT2D eigenvalue weighted by atomic mass is 16.5. The molecule has 0 unspecified atom stereocenters. The highest BCUT2D eigenvalue weighted by Gasteiger charge is 2.16. The predicted octanol–water partition coefficient (Wildman–Crippen LogP) is 4.39. The molecule has 0 radical (unpaired) electrons. The van der Waals surface area contributed by atoms with Crippen molar-refractivity contribution in [3.05, 3.63) is 77.6 Å². The van der Waals surface area contributed by atoms with Gasteiger partial charge in [0.25, 0.3) is 5.91 Å². The van der Waals surface area contributed by atoms with E-state index < -0.39 is 0 Å². The first-order valence-corrected chi connectivity index (χ1v) is 10.8. The third kappa shape index (κ3) is 6.38. The SMILES string of the molecule is CCOc1cc(C(=O)N(C)CCc2ccc(OC)c(OC)c2)ccc1OCc1ccncc1. The molecule has 0 atom stereocenters. The second-order valence-corrected chi connectivity index (χ2v) is 7.40. The number of carbonyl (C=O) groups is 1. The Morgan fingerprint density at radius 3 is 2.27 bits per heavy atom. The largest absolute Gasteiger partial charge is 0.493 e. The first-order valence-electron chi connectivity index (χ1n) is 10.8. The van der Waals surface area contributed by atoms with Gasteiger partial charge in [-0.3, -0.25) is 9.78 Å². The van der Waals surface area contributed by atoms with Crippen molar-refractivity contribution in [3.63, 3.8) is 0 Å². The highest BCUT2D eigenvalue weighted by molar-refractivity contribution is 5.94. The van der Waals surface area contributed by atoms with E-state index in [0.717, 1.165) is 11.1 Å². The molecule has 0 aliphatic carbocycles. The number of rotatable bonds is 11. The Hall–Kier alpha value is -3.74. The third-order valence-electron chi connectivity index (χ3n) is 5.16. The summed E-state index contributed by atoms with van der Waals surface area (Å²) in [6.07, 6.45) is 4.14. The van der Waals surface area contributed by atoms with Gasteiger partial charge in [-0.15, -0.1) is 0 Å². The monoisotopic (exact) mass is 450 g/mol. The fraction of sp³-hybridized carbons (Fsp3) is 0.308. The Kier molecular flexibility index (Phi) is 8.52. The van der Waals surface area contributed by atoms with Gasteiger partial charge in [-0.25, -0.2) is 0 Å². The van der Waals surface area contributed by atoms with Gasteiger partial charge in [0.15, 0.2) is 23.0 Å². The van der Waals surface area contributed by atoms with Gasteiger partial charge in [-0.1, -0.05) is 6.07 Å². The van der Waals surface area contributed by atoms with Gasteiger partial charge in [-0.2, -0.15) is 0 Å². The van der Waals surface area contributed by atoms with Crippen molar-refractivity contribution in [2.24, 2.45) is 0 Å². The number of hydrogen-bond donors (Lipinski definition) is 0. The van der Waals surface area contributed by atoms with E-state index in [1.807, 2.05) is 37.3 Å². The van der Waals surface area contributed by atoms with Gasteiger partial charge in [0.2, 0.25) is 0 Å². The summed E-state index contributed by atoms with van der Waals surface area (Å²) < 4.78 is 22.3. The van der Waals surface area contributed by atoms with Crippen LogP contribution < -0.4 is 18.9 Å². The van der Waals surface area contributed by atoms with E-state index in [9.17, 15) is 4.79 Å². The van der Waals surface area contributed by atoms with Crippen molar-refractivity contribution in [1.82, 2.24) is 9.88 Å². The average Bonchev–Trinajstić information content (AvgIpc) is 2.86. The van der Waals surface area contributed by atoms with Crippen LogP contribution in [0.4, 0.5) is 0 Å². The molecule has 0 aliphatic heterocycles. The second kappa shape index (κ2) is 11.8. The molecule has 0 N–H and O–H groups in total. The van der Waals surface area contributed by atoms with Crippen LogP contribution in [0, 0.1) is 0 Å². The molecule has 0 saturated carbocycles. The van der Waals surface area contributed by atoms with E-state index in [4.69, 9.17) is 18.9 Å². The van der Waals surface area contributed by atoms with E-state index in [1.54, 1.807) is 56.8 Å². The summed E-state index contributed by atoms with van der Waals surface area (Å²) in [7, 11) is 5.00. The standard InChI is InChI=1S/C26H30N2O5/c1-5-32-25-17-21(7-9-23(25)33-18-20-10-13-27-14-11-20)26(29)28(2)15-12-19-6-8-22(30-3)24(16-19)31-4/h6-11,13-14,16-17H,5,12,15,18H2,1-4H3. The van der Waals surface area contributed by atoms with Gasteiger partial charge in [0.05, 0.1) is 20.8 Å².